The fraction of sp³-hybridized carbons (Fsp3) is 0.545. The van der Waals surface area contributed by atoms with Gasteiger partial charge in [0.25, 0.3) is 5.91 Å². The van der Waals surface area contributed by atoms with E-state index in [1.807, 2.05) is 42.0 Å². The molecule has 0 unspecified atom stereocenters. The molecule has 4 heterocycles. The Balaban J connectivity index is 1.38. The summed E-state index contributed by atoms with van der Waals surface area (Å²) in [6.45, 7) is 6.78. The highest BCUT2D eigenvalue weighted by Crippen LogP contribution is 2.40. The van der Waals surface area contributed by atoms with E-state index in [9.17, 15) is 9.59 Å². The molecule has 154 valence electrons. The lowest BCUT2D eigenvalue weighted by Gasteiger charge is -2.47. The van der Waals surface area contributed by atoms with E-state index in [2.05, 4.69) is 10.1 Å². The summed E-state index contributed by atoms with van der Waals surface area (Å²) < 4.78 is 5.28. The van der Waals surface area contributed by atoms with Gasteiger partial charge in [0.1, 0.15) is 0 Å². The Labute approximate surface area is 171 Å². The van der Waals surface area contributed by atoms with Crippen LogP contribution in [0.4, 0.5) is 0 Å². The zero-order valence-corrected chi connectivity index (χ0v) is 17.1. The van der Waals surface area contributed by atoms with Crippen LogP contribution in [0.25, 0.3) is 0 Å². The van der Waals surface area contributed by atoms with Crippen LogP contribution < -0.4 is 0 Å². The smallest absolute Gasteiger partial charge is 0.292 e. The monoisotopic (exact) mass is 396 g/mol. The molecule has 29 heavy (non-hydrogen) atoms. The van der Waals surface area contributed by atoms with Gasteiger partial charge in [-0.25, -0.2) is 0 Å². The lowest BCUT2D eigenvalue weighted by molar-refractivity contribution is -0.139. The summed E-state index contributed by atoms with van der Waals surface area (Å²) in [5.41, 5.74) is 1.95. The highest BCUT2D eigenvalue weighted by Gasteiger charge is 2.42. The third-order valence-electron chi connectivity index (χ3n) is 6.29. The summed E-state index contributed by atoms with van der Waals surface area (Å²) in [5.74, 6) is 0.677. The minimum absolute atomic E-state index is 0.0849. The van der Waals surface area contributed by atoms with Crippen LogP contribution in [0, 0.1) is 5.41 Å². The number of carbonyl (C=O) groups is 2. The van der Waals surface area contributed by atoms with Crippen molar-refractivity contribution in [3.05, 3.63) is 47.6 Å². The van der Waals surface area contributed by atoms with Crippen molar-refractivity contribution in [3.63, 3.8) is 0 Å². The first-order chi connectivity index (χ1) is 14.0. The van der Waals surface area contributed by atoms with E-state index >= 15 is 0 Å². The molecule has 0 aliphatic carbocycles. The van der Waals surface area contributed by atoms with Crippen LogP contribution in [0.1, 0.15) is 67.3 Å². The van der Waals surface area contributed by atoms with Gasteiger partial charge in [-0.05, 0) is 42.2 Å². The van der Waals surface area contributed by atoms with Gasteiger partial charge in [-0.2, -0.15) is 0 Å². The third kappa shape index (κ3) is 4.18. The molecule has 2 aliphatic heterocycles. The first-order valence-electron chi connectivity index (χ1n) is 10.4. The Morgan fingerprint density at radius 1 is 1.28 bits per heavy atom. The topological polar surface area (TPSA) is 79.5 Å². The number of carbonyl (C=O) groups excluding carboxylic acids is 2. The van der Waals surface area contributed by atoms with E-state index in [1.165, 1.54) is 0 Å². The molecule has 2 fully saturated rings. The molecule has 0 atom stereocenters. The Kier molecular flexibility index (Phi) is 5.39. The number of pyridine rings is 1. The molecule has 0 aromatic carbocycles. The van der Waals surface area contributed by atoms with Gasteiger partial charge in [-0.3, -0.25) is 14.6 Å². The van der Waals surface area contributed by atoms with Crippen LogP contribution >= 0.6 is 0 Å². The Bertz CT molecular complexity index is 869. The zero-order valence-electron chi connectivity index (χ0n) is 17.1. The van der Waals surface area contributed by atoms with Crippen molar-refractivity contribution in [1.82, 2.24) is 19.9 Å². The Morgan fingerprint density at radius 2 is 2.07 bits per heavy atom. The molecule has 2 saturated heterocycles. The van der Waals surface area contributed by atoms with Gasteiger partial charge in [0.2, 0.25) is 11.7 Å². The highest BCUT2D eigenvalue weighted by molar-refractivity contribution is 5.91. The van der Waals surface area contributed by atoms with E-state index < -0.39 is 0 Å². The number of nitrogens with zero attached hydrogens (tertiary/aromatic N) is 4. The van der Waals surface area contributed by atoms with Gasteiger partial charge in [0, 0.05) is 51.1 Å². The predicted molar refractivity (Wildman–Crippen MR) is 107 cm³/mol. The van der Waals surface area contributed by atoms with E-state index in [0.29, 0.717) is 31.8 Å². The number of piperidine rings is 2. The van der Waals surface area contributed by atoms with Crippen molar-refractivity contribution in [2.24, 2.45) is 5.41 Å². The number of rotatable bonds is 4. The highest BCUT2D eigenvalue weighted by atomic mass is 16.5. The molecule has 2 aliphatic rings. The Morgan fingerprint density at radius 3 is 2.72 bits per heavy atom. The molecular formula is C22H28N4O3. The van der Waals surface area contributed by atoms with Crippen molar-refractivity contribution >= 4 is 11.8 Å². The molecular weight excluding hydrogens is 368 g/mol. The molecule has 0 radical (unpaired) electrons. The second-order valence-electron chi connectivity index (χ2n) is 8.67. The second-order valence-corrected chi connectivity index (χ2v) is 8.67. The van der Waals surface area contributed by atoms with Crippen molar-refractivity contribution in [2.75, 3.05) is 19.6 Å². The third-order valence-corrected chi connectivity index (χ3v) is 6.29. The van der Waals surface area contributed by atoms with Crippen LogP contribution in [0.15, 0.2) is 35.1 Å². The average molecular weight is 396 g/mol. The van der Waals surface area contributed by atoms with Crippen LogP contribution in [-0.4, -0.2) is 51.4 Å². The molecule has 4 rings (SSSR count). The lowest BCUT2D eigenvalue weighted by atomic mass is 9.72. The zero-order chi connectivity index (χ0) is 20.4. The maximum Gasteiger partial charge on any atom is 0.292 e. The largest absolute Gasteiger partial charge is 0.351 e. The molecule has 1 spiro atoms. The summed E-state index contributed by atoms with van der Waals surface area (Å²) >= 11 is 0. The standard InChI is InChI=1S/C22H28N4O3/c1-16(2)18-12-19(29-24-18)21(28)25-10-7-22(8-11-25)6-5-20(27)26(15-22)14-17-4-3-9-23-13-17/h3-4,9,12-13,16H,5-8,10-11,14-15H2,1-2H3. The fourth-order valence-corrected chi connectivity index (χ4v) is 4.37. The minimum atomic E-state index is -0.0849. The summed E-state index contributed by atoms with van der Waals surface area (Å²) in [7, 11) is 0. The van der Waals surface area contributed by atoms with Crippen molar-refractivity contribution in [3.8, 4) is 0 Å². The van der Waals surface area contributed by atoms with Crippen molar-refractivity contribution in [2.45, 2.75) is 52.0 Å². The molecule has 0 saturated carbocycles. The maximum atomic E-state index is 12.8. The van der Waals surface area contributed by atoms with E-state index in [-0.39, 0.29) is 23.1 Å². The van der Waals surface area contributed by atoms with Crippen molar-refractivity contribution in [1.29, 1.82) is 0 Å². The molecule has 2 amide bonds. The number of hydrogen-bond acceptors (Lipinski definition) is 5. The summed E-state index contributed by atoms with van der Waals surface area (Å²) in [6.07, 6.45) is 6.85. The van der Waals surface area contributed by atoms with Gasteiger partial charge < -0.3 is 14.3 Å². The van der Waals surface area contributed by atoms with Crippen LogP contribution in [-0.2, 0) is 11.3 Å². The van der Waals surface area contributed by atoms with Gasteiger partial charge in [0.05, 0.1) is 5.69 Å². The van der Waals surface area contributed by atoms with E-state index in [1.54, 1.807) is 12.3 Å². The maximum absolute atomic E-state index is 12.8. The van der Waals surface area contributed by atoms with Gasteiger partial charge in [-0.1, -0.05) is 25.1 Å². The van der Waals surface area contributed by atoms with Gasteiger partial charge in [0.15, 0.2) is 0 Å². The molecule has 2 aromatic heterocycles. The second kappa shape index (κ2) is 7.97. The quantitative estimate of drug-likeness (QED) is 0.793. The van der Waals surface area contributed by atoms with Gasteiger partial charge in [-0.15, -0.1) is 0 Å². The SMILES string of the molecule is CC(C)c1cc(C(=O)N2CCC3(CCC(=O)N(Cc4cccnc4)C3)CC2)on1. The summed E-state index contributed by atoms with van der Waals surface area (Å²) in [6, 6.07) is 5.66. The first-order valence-corrected chi connectivity index (χ1v) is 10.4. The van der Waals surface area contributed by atoms with E-state index in [0.717, 1.165) is 37.1 Å². The number of aromatic nitrogens is 2. The van der Waals surface area contributed by atoms with Crippen LogP contribution in [0.5, 0.6) is 0 Å². The van der Waals surface area contributed by atoms with Crippen LogP contribution in [0.2, 0.25) is 0 Å². The lowest BCUT2D eigenvalue weighted by Crippen LogP contribution is -2.52. The van der Waals surface area contributed by atoms with Crippen molar-refractivity contribution < 1.29 is 14.1 Å². The first kappa shape index (κ1) is 19.6. The number of likely N-dealkylation sites (tertiary alicyclic amines) is 2. The predicted octanol–water partition coefficient (Wildman–Crippen LogP) is 3.24. The summed E-state index contributed by atoms with van der Waals surface area (Å²) in [5, 5.41) is 4.00. The van der Waals surface area contributed by atoms with E-state index in [4.69, 9.17) is 4.52 Å². The fourth-order valence-electron chi connectivity index (χ4n) is 4.37. The molecule has 7 nitrogen and oxygen atoms in total. The summed E-state index contributed by atoms with van der Waals surface area (Å²) in [4.78, 5) is 33.2. The minimum Gasteiger partial charge on any atom is -0.351 e. The average Bonchev–Trinajstić information content (AvgIpc) is 3.23. The molecule has 0 bridgehead atoms. The van der Waals surface area contributed by atoms with Gasteiger partial charge >= 0.3 is 0 Å². The molecule has 2 aromatic rings. The molecule has 0 N–H and O–H groups in total. The van der Waals surface area contributed by atoms with Crippen LogP contribution in [0.3, 0.4) is 0 Å². The number of amides is 2. The Hall–Kier alpha value is -2.70. The number of hydrogen-bond donors (Lipinski definition) is 0. The molecule has 7 heteroatoms. The normalized spacial score (nSPS) is 19.2.